The van der Waals surface area contributed by atoms with Crippen LogP contribution in [0.25, 0.3) is 0 Å². The van der Waals surface area contributed by atoms with E-state index in [4.69, 9.17) is 5.73 Å². The Bertz CT molecular complexity index is 526. The van der Waals surface area contributed by atoms with Crippen LogP contribution in [0.15, 0.2) is 24.3 Å². The first-order valence-electron chi connectivity index (χ1n) is 8.84. The molecular weight excluding hydrogens is 338 g/mol. The highest BCUT2D eigenvalue weighted by molar-refractivity contribution is 5.97. The summed E-state index contributed by atoms with van der Waals surface area (Å²) in [5, 5.41) is 2.80. The van der Waals surface area contributed by atoms with Gasteiger partial charge in [0.05, 0.1) is 6.04 Å². The first kappa shape index (κ1) is 23.4. The number of halogens is 1. The third-order valence-corrected chi connectivity index (χ3v) is 3.74. The van der Waals surface area contributed by atoms with Gasteiger partial charge in [0.1, 0.15) is 0 Å². The maximum atomic E-state index is 12.5. The van der Waals surface area contributed by atoms with Crippen molar-refractivity contribution in [1.82, 2.24) is 4.90 Å². The molecule has 1 aromatic rings. The van der Waals surface area contributed by atoms with Crippen molar-refractivity contribution in [2.75, 3.05) is 18.4 Å². The molecule has 25 heavy (non-hydrogen) atoms. The summed E-state index contributed by atoms with van der Waals surface area (Å²) >= 11 is 0. The average molecular weight is 370 g/mol. The van der Waals surface area contributed by atoms with Crippen LogP contribution in [0.1, 0.15) is 57.3 Å². The van der Waals surface area contributed by atoms with Gasteiger partial charge < -0.3 is 16.0 Å². The van der Waals surface area contributed by atoms with E-state index < -0.39 is 6.04 Å². The van der Waals surface area contributed by atoms with Gasteiger partial charge in [0, 0.05) is 24.3 Å². The lowest BCUT2D eigenvalue weighted by atomic mass is 10.0. The van der Waals surface area contributed by atoms with E-state index in [9.17, 15) is 9.59 Å². The fraction of sp³-hybridized carbons (Fsp3) is 0.579. The predicted molar refractivity (Wildman–Crippen MR) is 106 cm³/mol. The van der Waals surface area contributed by atoms with E-state index in [1.165, 1.54) is 0 Å². The van der Waals surface area contributed by atoms with Gasteiger partial charge in [0.25, 0.3) is 5.91 Å². The molecule has 0 fully saturated rings. The summed E-state index contributed by atoms with van der Waals surface area (Å²) in [4.78, 5) is 26.4. The van der Waals surface area contributed by atoms with Crippen molar-refractivity contribution in [2.45, 2.75) is 53.0 Å². The first-order chi connectivity index (χ1) is 11.4. The Morgan fingerprint density at radius 2 is 1.60 bits per heavy atom. The molecule has 0 saturated heterocycles. The number of hydrogen-bond donors (Lipinski definition) is 2. The van der Waals surface area contributed by atoms with Crippen molar-refractivity contribution in [3.05, 3.63) is 29.8 Å². The molecule has 142 valence electrons. The number of nitrogens with two attached hydrogens (primary N) is 1. The number of carbonyl (C=O) groups is 2. The van der Waals surface area contributed by atoms with Gasteiger partial charge in [0.2, 0.25) is 5.91 Å². The lowest BCUT2D eigenvalue weighted by molar-refractivity contribution is -0.117. The Morgan fingerprint density at radius 3 is 2.04 bits per heavy atom. The van der Waals surface area contributed by atoms with Crippen molar-refractivity contribution in [3.8, 4) is 0 Å². The van der Waals surface area contributed by atoms with Crippen molar-refractivity contribution < 1.29 is 9.59 Å². The minimum absolute atomic E-state index is 0. The Hall–Kier alpha value is -1.59. The Balaban J connectivity index is 0.00000576. The van der Waals surface area contributed by atoms with Crippen LogP contribution in [0, 0.1) is 5.92 Å². The number of benzene rings is 1. The van der Waals surface area contributed by atoms with E-state index in [0.717, 1.165) is 25.9 Å². The van der Waals surface area contributed by atoms with Crippen LogP contribution in [0.4, 0.5) is 5.69 Å². The number of rotatable bonds is 9. The molecule has 1 rings (SSSR count). The Morgan fingerprint density at radius 1 is 1.08 bits per heavy atom. The molecule has 0 bridgehead atoms. The second kappa shape index (κ2) is 11.9. The summed E-state index contributed by atoms with van der Waals surface area (Å²) in [6.07, 6.45) is 2.52. The monoisotopic (exact) mass is 369 g/mol. The van der Waals surface area contributed by atoms with Gasteiger partial charge in [-0.3, -0.25) is 9.59 Å². The highest BCUT2D eigenvalue weighted by Crippen LogP contribution is 2.13. The standard InChI is InChI=1S/C19H31N3O2.ClH/c1-5-11-22(12-6-2)19(24)15-7-9-16(10-8-15)21-18(23)17(20)13-14(3)4;/h7-10,14,17H,5-6,11-13,20H2,1-4H3,(H,21,23);1H/t17-;/m0./s1. The summed E-state index contributed by atoms with van der Waals surface area (Å²) in [5.41, 5.74) is 7.18. The van der Waals surface area contributed by atoms with E-state index in [1.807, 2.05) is 18.7 Å². The second-order valence-electron chi connectivity index (χ2n) is 6.59. The maximum Gasteiger partial charge on any atom is 0.253 e. The van der Waals surface area contributed by atoms with Crippen LogP contribution in [-0.2, 0) is 4.79 Å². The van der Waals surface area contributed by atoms with E-state index in [1.54, 1.807) is 24.3 Å². The molecule has 0 aliphatic rings. The maximum absolute atomic E-state index is 12.5. The molecule has 2 amide bonds. The SMILES string of the molecule is CCCN(CCC)C(=O)c1ccc(NC(=O)[C@@H](N)CC(C)C)cc1.Cl. The minimum Gasteiger partial charge on any atom is -0.339 e. The van der Waals surface area contributed by atoms with Gasteiger partial charge in [-0.15, -0.1) is 12.4 Å². The van der Waals surface area contributed by atoms with Crippen LogP contribution in [-0.4, -0.2) is 35.8 Å². The second-order valence-corrected chi connectivity index (χ2v) is 6.59. The summed E-state index contributed by atoms with van der Waals surface area (Å²) in [5.74, 6) is 0.211. The fourth-order valence-corrected chi connectivity index (χ4v) is 2.58. The van der Waals surface area contributed by atoms with E-state index in [0.29, 0.717) is 23.6 Å². The highest BCUT2D eigenvalue weighted by Gasteiger charge is 2.16. The number of nitrogens with zero attached hydrogens (tertiary/aromatic N) is 1. The topological polar surface area (TPSA) is 75.4 Å². The van der Waals surface area contributed by atoms with Gasteiger partial charge in [-0.25, -0.2) is 0 Å². The van der Waals surface area contributed by atoms with Gasteiger partial charge in [-0.05, 0) is 49.4 Å². The van der Waals surface area contributed by atoms with Crippen LogP contribution >= 0.6 is 12.4 Å². The zero-order chi connectivity index (χ0) is 18.1. The van der Waals surface area contributed by atoms with Crippen LogP contribution < -0.4 is 11.1 Å². The Labute approximate surface area is 157 Å². The molecule has 1 atom stereocenters. The molecule has 0 spiro atoms. The zero-order valence-corrected chi connectivity index (χ0v) is 16.6. The molecule has 0 aliphatic carbocycles. The molecule has 1 aromatic carbocycles. The molecule has 0 radical (unpaired) electrons. The Kier molecular flexibility index (Phi) is 11.1. The van der Waals surface area contributed by atoms with E-state index in [2.05, 4.69) is 19.2 Å². The molecule has 0 saturated carbocycles. The number of hydrogen-bond acceptors (Lipinski definition) is 3. The smallest absolute Gasteiger partial charge is 0.253 e. The third-order valence-electron chi connectivity index (χ3n) is 3.74. The molecule has 0 heterocycles. The molecule has 0 unspecified atom stereocenters. The average Bonchev–Trinajstić information content (AvgIpc) is 2.54. The van der Waals surface area contributed by atoms with Crippen LogP contribution in [0.5, 0.6) is 0 Å². The predicted octanol–water partition coefficient (Wildman–Crippen LogP) is 3.68. The van der Waals surface area contributed by atoms with Crippen molar-refractivity contribution in [2.24, 2.45) is 11.7 Å². The summed E-state index contributed by atoms with van der Waals surface area (Å²) in [7, 11) is 0. The van der Waals surface area contributed by atoms with Crippen LogP contribution in [0.2, 0.25) is 0 Å². The molecule has 3 N–H and O–H groups in total. The third kappa shape index (κ3) is 7.88. The normalized spacial score (nSPS) is 11.6. The summed E-state index contributed by atoms with van der Waals surface area (Å²) in [6.45, 7) is 9.71. The lowest BCUT2D eigenvalue weighted by Gasteiger charge is -2.21. The summed E-state index contributed by atoms with van der Waals surface area (Å²) < 4.78 is 0. The number of carbonyl (C=O) groups excluding carboxylic acids is 2. The number of nitrogens with one attached hydrogen (secondary N) is 1. The van der Waals surface area contributed by atoms with Crippen molar-refractivity contribution in [1.29, 1.82) is 0 Å². The van der Waals surface area contributed by atoms with Gasteiger partial charge in [-0.1, -0.05) is 27.7 Å². The highest BCUT2D eigenvalue weighted by atomic mass is 35.5. The molecular formula is C19H32ClN3O2. The van der Waals surface area contributed by atoms with Crippen molar-refractivity contribution in [3.63, 3.8) is 0 Å². The van der Waals surface area contributed by atoms with Crippen molar-refractivity contribution >= 4 is 29.9 Å². The van der Waals surface area contributed by atoms with Gasteiger partial charge in [-0.2, -0.15) is 0 Å². The number of amides is 2. The van der Waals surface area contributed by atoms with Gasteiger partial charge >= 0.3 is 0 Å². The molecule has 0 aliphatic heterocycles. The molecule has 5 nitrogen and oxygen atoms in total. The molecule has 0 aromatic heterocycles. The quantitative estimate of drug-likeness (QED) is 0.697. The van der Waals surface area contributed by atoms with Gasteiger partial charge in [0.15, 0.2) is 0 Å². The lowest BCUT2D eigenvalue weighted by Crippen LogP contribution is -2.36. The van der Waals surface area contributed by atoms with E-state index >= 15 is 0 Å². The van der Waals surface area contributed by atoms with E-state index in [-0.39, 0.29) is 24.2 Å². The van der Waals surface area contributed by atoms with Crippen LogP contribution in [0.3, 0.4) is 0 Å². The number of anilines is 1. The zero-order valence-electron chi connectivity index (χ0n) is 15.7. The molecule has 6 heteroatoms. The summed E-state index contributed by atoms with van der Waals surface area (Å²) in [6, 6.07) is 6.50. The minimum atomic E-state index is -0.518. The first-order valence-corrected chi connectivity index (χ1v) is 8.84. The fourth-order valence-electron chi connectivity index (χ4n) is 2.58. The largest absolute Gasteiger partial charge is 0.339 e.